The van der Waals surface area contributed by atoms with Gasteiger partial charge in [0.05, 0.1) is 6.04 Å². The zero-order valence-corrected chi connectivity index (χ0v) is 35.7. The van der Waals surface area contributed by atoms with Crippen molar-refractivity contribution in [3.63, 3.8) is 0 Å². The maximum absolute atomic E-state index is 4.81. The first-order chi connectivity index (χ1) is 22.2. The van der Waals surface area contributed by atoms with Crippen molar-refractivity contribution >= 4 is 0 Å². The average molecular weight is 666 g/mol. The Balaban J connectivity index is 0.00000116. The van der Waals surface area contributed by atoms with E-state index in [1.807, 2.05) is 47.6 Å². The molecule has 1 heteroatoms. The second-order valence-corrected chi connectivity index (χ2v) is 17.8. The summed E-state index contributed by atoms with van der Waals surface area (Å²) in [5.41, 5.74) is 6.54. The van der Waals surface area contributed by atoms with Gasteiger partial charge in [-0.2, -0.15) is 0 Å². The Bertz CT molecular complexity index is 1000. The molecule has 280 valence electrons. The lowest BCUT2D eigenvalue weighted by Crippen LogP contribution is -2.43. The molecule has 7 unspecified atom stereocenters. The minimum Gasteiger partial charge on any atom is -0.368 e. The highest BCUT2D eigenvalue weighted by Crippen LogP contribution is 2.67. The van der Waals surface area contributed by atoms with Crippen LogP contribution in [-0.2, 0) is 0 Å². The maximum atomic E-state index is 4.81. The Morgan fingerprint density at radius 1 is 0.875 bits per heavy atom. The fourth-order valence-electron chi connectivity index (χ4n) is 8.13. The normalized spacial score (nSPS) is 25.5. The van der Waals surface area contributed by atoms with E-state index in [-0.39, 0.29) is 0 Å². The third kappa shape index (κ3) is 12.7. The number of piperidine rings is 1. The van der Waals surface area contributed by atoms with Crippen molar-refractivity contribution < 1.29 is 0 Å². The van der Waals surface area contributed by atoms with E-state index in [4.69, 9.17) is 13.2 Å². The third-order valence-electron chi connectivity index (χ3n) is 12.8. The van der Waals surface area contributed by atoms with Gasteiger partial charge in [0.2, 0.25) is 0 Å². The molecule has 1 nitrogen and oxygen atoms in total. The molecule has 3 aliphatic carbocycles. The van der Waals surface area contributed by atoms with E-state index in [1.165, 1.54) is 86.7 Å². The van der Waals surface area contributed by atoms with E-state index in [0.717, 1.165) is 23.7 Å². The molecule has 4 fully saturated rings. The van der Waals surface area contributed by atoms with Crippen LogP contribution in [0.4, 0.5) is 0 Å². The van der Waals surface area contributed by atoms with Crippen LogP contribution < -0.4 is 0 Å². The van der Waals surface area contributed by atoms with E-state index in [2.05, 4.69) is 93.9 Å². The van der Waals surface area contributed by atoms with Crippen LogP contribution in [-0.4, -0.2) is 17.5 Å². The summed E-state index contributed by atoms with van der Waals surface area (Å²) in [5, 5.41) is 0. The molecule has 4 rings (SSSR count). The van der Waals surface area contributed by atoms with Crippen molar-refractivity contribution in [2.24, 2.45) is 57.7 Å². The summed E-state index contributed by atoms with van der Waals surface area (Å²) in [4.78, 5) is 2.72. The van der Waals surface area contributed by atoms with Gasteiger partial charge in [0.25, 0.3) is 0 Å². The minimum atomic E-state index is 0.404. The second-order valence-electron chi connectivity index (χ2n) is 17.8. The molecule has 0 N–H and O–H groups in total. The van der Waals surface area contributed by atoms with Crippen LogP contribution >= 0.6 is 0 Å². The molecule has 0 aromatic heterocycles. The lowest BCUT2D eigenvalue weighted by Gasteiger charge is -2.46. The highest BCUT2D eigenvalue weighted by atomic mass is 15.2. The fraction of sp³-hybridized carbons (Fsp3) is 0.787. The molecule has 0 spiro atoms. The number of hydrogen-bond donors (Lipinski definition) is 0. The predicted molar refractivity (Wildman–Crippen MR) is 221 cm³/mol. The first-order valence-corrected chi connectivity index (χ1v) is 20.3. The van der Waals surface area contributed by atoms with Crippen LogP contribution in [0.1, 0.15) is 169 Å². The quantitative estimate of drug-likeness (QED) is 0.157. The SMILES string of the molecule is C=C(C)C.C=CC(=C)C(CC1CC1)C(C)C(=C)C1C2C(CN1C(=C)C(C)C1(C)CCCCC1)C2(C)C.CC.CC.CCC(C)C(C)(C)C. The van der Waals surface area contributed by atoms with Crippen LogP contribution in [0.25, 0.3) is 0 Å². The Labute approximate surface area is 304 Å². The molecule has 4 aliphatic rings. The van der Waals surface area contributed by atoms with Crippen LogP contribution in [0.3, 0.4) is 0 Å². The molecule has 0 bridgehead atoms. The lowest BCUT2D eigenvalue weighted by atomic mass is 9.66. The Kier molecular flexibility index (Phi) is 19.7. The highest BCUT2D eigenvalue weighted by molar-refractivity contribution is 5.32. The van der Waals surface area contributed by atoms with Gasteiger partial charge >= 0.3 is 0 Å². The van der Waals surface area contributed by atoms with Gasteiger partial charge in [0.1, 0.15) is 0 Å². The standard InChI is InChI=1S/C31H49N.C8H18.C4H8.2C2H6/c1-10-20(2)26(18-25-14-15-25)21(3)22(4)29-28-27(30(28,7)8)19-32(29)24(6)23(5)31(9)16-12-11-13-17-31;1-6-7(2)8(3,4)5;1-4(2)3;2*1-2/h10,21,23,25-29H,1-2,4,6,11-19H2,3,5,7-9H3;7H,6H2,1-5H3;1H2,2-3H3;2*1-2H3. The Morgan fingerprint density at radius 2 is 1.35 bits per heavy atom. The van der Waals surface area contributed by atoms with Crippen molar-refractivity contribution in [1.82, 2.24) is 4.90 Å². The molecular formula is C47H87N. The van der Waals surface area contributed by atoms with Gasteiger partial charge < -0.3 is 4.90 Å². The van der Waals surface area contributed by atoms with Crippen molar-refractivity contribution in [3.05, 3.63) is 61.4 Å². The zero-order valence-electron chi connectivity index (χ0n) is 35.7. The summed E-state index contributed by atoms with van der Waals surface area (Å²) < 4.78 is 0. The second kappa shape index (κ2) is 20.4. The minimum absolute atomic E-state index is 0.404. The number of likely N-dealkylation sites (tertiary alicyclic amines) is 1. The van der Waals surface area contributed by atoms with Crippen LogP contribution in [0.5, 0.6) is 0 Å². The summed E-state index contributed by atoms with van der Waals surface area (Å²) in [6.07, 6.45) is 14.2. The summed E-state index contributed by atoms with van der Waals surface area (Å²) in [5.74, 6) is 4.71. The lowest BCUT2D eigenvalue weighted by molar-refractivity contribution is 0.116. The van der Waals surface area contributed by atoms with E-state index < -0.39 is 0 Å². The van der Waals surface area contributed by atoms with Gasteiger partial charge in [0, 0.05) is 18.2 Å². The Morgan fingerprint density at radius 3 is 1.73 bits per heavy atom. The molecule has 3 saturated carbocycles. The Hall–Kier alpha value is -1.50. The average Bonchev–Trinajstić information content (AvgIpc) is 3.91. The first kappa shape index (κ1) is 46.5. The largest absolute Gasteiger partial charge is 0.368 e. The molecular weight excluding hydrogens is 579 g/mol. The van der Waals surface area contributed by atoms with Gasteiger partial charge in [-0.25, -0.2) is 0 Å². The third-order valence-corrected chi connectivity index (χ3v) is 12.8. The topological polar surface area (TPSA) is 3.24 Å². The number of allylic oxidation sites excluding steroid dienone is 4. The van der Waals surface area contributed by atoms with Crippen molar-refractivity contribution in [2.45, 2.75) is 175 Å². The molecule has 1 aliphatic heterocycles. The van der Waals surface area contributed by atoms with Gasteiger partial charge in [-0.05, 0) is 84.9 Å². The summed E-state index contributed by atoms with van der Waals surface area (Å²) >= 11 is 0. The smallest absolute Gasteiger partial charge is 0.0536 e. The summed E-state index contributed by atoms with van der Waals surface area (Å²) in [6, 6.07) is 0.437. The van der Waals surface area contributed by atoms with Crippen molar-refractivity contribution in [2.75, 3.05) is 6.54 Å². The van der Waals surface area contributed by atoms with Crippen LogP contribution in [0.2, 0.25) is 0 Å². The number of fused-ring (bicyclic) bond motifs is 1. The number of rotatable bonds is 11. The van der Waals surface area contributed by atoms with Crippen molar-refractivity contribution in [1.29, 1.82) is 0 Å². The maximum Gasteiger partial charge on any atom is 0.0536 e. The molecule has 7 atom stereocenters. The van der Waals surface area contributed by atoms with Gasteiger partial charge in [-0.1, -0.05) is 185 Å². The monoisotopic (exact) mass is 666 g/mol. The predicted octanol–water partition coefficient (Wildman–Crippen LogP) is 15.1. The molecule has 1 saturated heterocycles. The van der Waals surface area contributed by atoms with Crippen LogP contribution in [0, 0.1) is 57.7 Å². The fourth-order valence-corrected chi connectivity index (χ4v) is 8.13. The van der Waals surface area contributed by atoms with E-state index >= 15 is 0 Å². The zero-order chi connectivity index (χ0) is 37.8. The summed E-state index contributed by atoms with van der Waals surface area (Å²) in [6.45, 7) is 58.5. The van der Waals surface area contributed by atoms with Crippen LogP contribution in [0.15, 0.2) is 61.4 Å². The van der Waals surface area contributed by atoms with Gasteiger partial charge in [-0.15, -0.1) is 6.58 Å². The number of nitrogens with zero attached hydrogens (tertiary/aromatic N) is 1. The summed E-state index contributed by atoms with van der Waals surface area (Å²) in [7, 11) is 0. The van der Waals surface area contributed by atoms with E-state index in [1.54, 1.807) is 0 Å². The van der Waals surface area contributed by atoms with Gasteiger partial charge in [0.15, 0.2) is 0 Å². The molecule has 48 heavy (non-hydrogen) atoms. The van der Waals surface area contributed by atoms with Gasteiger partial charge in [-0.3, -0.25) is 0 Å². The molecule has 1 heterocycles. The molecule has 0 radical (unpaired) electrons. The molecule has 0 aromatic carbocycles. The van der Waals surface area contributed by atoms with Crippen molar-refractivity contribution in [3.8, 4) is 0 Å². The van der Waals surface area contributed by atoms with E-state index in [0.29, 0.717) is 40.0 Å². The number of hydrogen-bond acceptors (Lipinski definition) is 1. The first-order valence-electron chi connectivity index (χ1n) is 20.3. The molecule has 0 aromatic rings. The van der Waals surface area contributed by atoms with E-state index in [9.17, 15) is 0 Å². The molecule has 0 amide bonds. The highest BCUT2D eigenvalue weighted by Gasteiger charge is 2.67.